The first-order valence-corrected chi connectivity index (χ1v) is 5.27. The van der Waals surface area contributed by atoms with Crippen LogP contribution in [0.5, 0.6) is 0 Å². The van der Waals surface area contributed by atoms with Gasteiger partial charge in [0.25, 0.3) is 0 Å². The molecule has 1 aliphatic heterocycles. The molecular weight excluding hydrogens is 188 g/mol. The fourth-order valence-electron chi connectivity index (χ4n) is 1.96. The number of benzene rings is 1. The summed E-state index contributed by atoms with van der Waals surface area (Å²) in [5.41, 5.74) is 1.23. The van der Waals surface area contributed by atoms with Crippen molar-refractivity contribution in [3.05, 3.63) is 48.6 Å². The third kappa shape index (κ3) is 2.46. The maximum Gasteiger partial charge on any atom is 0.147 e. The molecule has 2 rings (SSSR count). The van der Waals surface area contributed by atoms with Crippen LogP contribution >= 0.6 is 0 Å². The van der Waals surface area contributed by atoms with Crippen molar-refractivity contribution in [3.8, 4) is 0 Å². The Labute approximate surface area is 90.5 Å². The molecule has 0 N–H and O–H groups in total. The van der Waals surface area contributed by atoms with Crippen LogP contribution in [0.3, 0.4) is 0 Å². The maximum atomic E-state index is 5.66. The highest BCUT2D eigenvalue weighted by Crippen LogP contribution is 2.31. The van der Waals surface area contributed by atoms with E-state index in [-0.39, 0.29) is 6.10 Å². The summed E-state index contributed by atoms with van der Waals surface area (Å²) in [5, 5.41) is 0. The molecule has 15 heavy (non-hydrogen) atoms. The lowest BCUT2D eigenvalue weighted by molar-refractivity contribution is -0.171. The molecule has 80 valence electrons. The smallest absolute Gasteiger partial charge is 0.147 e. The number of hydrogen-bond acceptors (Lipinski definition) is 2. The minimum absolute atomic E-state index is 0.151. The highest BCUT2D eigenvalue weighted by Gasteiger charge is 2.26. The minimum Gasteiger partial charge on any atom is -0.355 e. The van der Waals surface area contributed by atoms with E-state index in [9.17, 15) is 0 Å². The predicted molar refractivity (Wildman–Crippen MR) is 59.4 cm³/mol. The first-order chi connectivity index (χ1) is 7.42. The monoisotopic (exact) mass is 204 g/mol. The van der Waals surface area contributed by atoms with Gasteiger partial charge in [0, 0.05) is 5.92 Å². The van der Waals surface area contributed by atoms with Gasteiger partial charge in [-0.15, -0.1) is 6.58 Å². The molecule has 2 atom stereocenters. The molecule has 0 unspecified atom stereocenters. The molecular formula is C13H16O2. The van der Waals surface area contributed by atoms with Crippen molar-refractivity contribution in [2.75, 3.05) is 13.4 Å². The van der Waals surface area contributed by atoms with Gasteiger partial charge in [-0.05, 0) is 12.0 Å². The summed E-state index contributed by atoms with van der Waals surface area (Å²) in [6.45, 7) is 4.92. The zero-order chi connectivity index (χ0) is 10.5. The van der Waals surface area contributed by atoms with Crippen LogP contribution in [0.25, 0.3) is 0 Å². The molecule has 0 aromatic heterocycles. The highest BCUT2D eigenvalue weighted by molar-refractivity contribution is 5.18. The van der Waals surface area contributed by atoms with E-state index in [1.807, 2.05) is 24.3 Å². The van der Waals surface area contributed by atoms with Gasteiger partial charge in [-0.1, -0.05) is 36.4 Å². The molecule has 1 aromatic carbocycles. The van der Waals surface area contributed by atoms with E-state index >= 15 is 0 Å². The molecule has 2 nitrogen and oxygen atoms in total. The molecule has 0 bridgehead atoms. The fraction of sp³-hybridized carbons (Fsp3) is 0.385. The van der Waals surface area contributed by atoms with Crippen molar-refractivity contribution in [1.82, 2.24) is 0 Å². The second-order valence-corrected chi connectivity index (χ2v) is 3.77. The zero-order valence-electron chi connectivity index (χ0n) is 8.76. The van der Waals surface area contributed by atoms with Gasteiger partial charge in [0.2, 0.25) is 0 Å². The molecule has 0 aliphatic carbocycles. The molecule has 0 radical (unpaired) electrons. The summed E-state index contributed by atoms with van der Waals surface area (Å²) in [6.07, 6.45) is 3.01. The van der Waals surface area contributed by atoms with Crippen LogP contribution in [0.4, 0.5) is 0 Å². The fourth-order valence-corrected chi connectivity index (χ4v) is 1.96. The second kappa shape index (κ2) is 5.10. The number of rotatable bonds is 3. The lowest BCUT2D eigenvalue weighted by atomic mass is 9.93. The average Bonchev–Trinajstić information content (AvgIpc) is 2.31. The van der Waals surface area contributed by atoms with Crippen molar-refractivity contribution >= 4 is 0 Å². The van der Waals surface area contributed by atoms with E-state index in [1.165, 1.54) is 5.56 Å². The Morgan fingerprint density at radius 3 is 2.87 bits per heavy atom. The summed E-state index contributed by atoms with van der Waals surface area (Å²) < 4.78 is 11.0. The van der Waals surface area contributed by atoms with Crippen molar-refractivity contribution < 1.29 is 9.47 Å². The normalized spacial score (nSPS) is 26.1. The van der Waals surface area contributed by atoms with E-state index in [2.05, 4.69) is 18.7 Å². The van der Waals surface area contributed by atoms with Gasteiger partial charge in [0.05, 0.1) is 12.7 Å². The van der Waals surface area contributed by atoms with E-state index in [0.29, 0.717) is 12.7 Å². The van der Waals surface area contributed by atoms with E-state index < -0.39 is 0 Å². The first-order valence-electron chi connectivity index (χ1n) is 5.27. The summed E-state index contributed by atoms with van der Waals surface area (Å²) >= 11 is 0. The van der Waals surface area contributed by atoms with E-state index in [4.69, 9.17) is 9.47 Å². The molecule has 1 aliphatic rings. The quantitative estimate of drug-likeness (QED) is 0.705. The molecule has 0 saturated carbocycles. The summed E-state index contributed by atoms with van der Waals surface area (Å²) in [5.74, 6) is 0.388. The molecule has 0 amide bonds. The van der Waals surface area contributed by atoms with Gasteiger partial charge in [-0.3, -0.25) is 0 Å². The SMILES string of the molecule is C=CC[C@H]1COCO[C@H]1c1ccccc1. The highest BCUT2D eigenvalue weighted by atomic mass is 16.7. The molecule has 1 aromatic rings. The number of hydrogen-bond donors (Lipinski definition) is 0. The third-order valence-electron chi connectivity index (χ3n) is 2.69. The standard InChI is InChI=1S/C13H16O2/c1-2-6-12-9-14-10-15-13(12)11-7-4-3-5-8-11/h2-5,7-8,12-13H,1,6,9-10H2/t12-,13-/m0/s1. The zero-order valence-corrected chi connectivity index (χ0v) is 8.76. The van der Waals surface area contributed by atoms with Gasteiger partial charge < -0.3 is 9.47 Å². The van der Waals surface area contributed by atoms with Crippen molar-refractivity contribution in [3.63, 3.8) is 0 Å². The van der Waals surface area contributed by atoms with Crippen LogP contribution in [-0.4, -0.2) is 13.4 Å². The summed E-state index contributed by atoms with van der Waals surface area (Å²) in [4.78, 5) is 0. The van der Waals surface area contributed by atoms with Gasteiger partial charge in [-0.25, -0.2) is 0 Å². The Morgan fingerprint density at radius 1 is 1.33 bits per heavy atom. The lowest BCUT2D eigenvalue weighted by Gasteiger charge is -2.31. The van der Waals surface area contributed by atoms with Crippen LogP contribution in [0.2, 0.25) is 0 Å². The number of ether oxygens (including phenoxy) is 2. The molecule has 0 spiro atoms. The Balaban J connectivity index is 2.14. The maximum absolute atomic E-state index is 5.66. The van der Waals surface area contributed by atoms with Crippen molar-refractivity contribution in [2.45, 2.75) is 12.5 Å². The summed E-state index contributed by atoms with van der Waals surface area (Å²) in [7, 11) is 0. The Bertz CT molecular complexity index is 308. The Hall–Kier alpha value is -1.12. The summed E-state index contributed by atoms with van der Waals surface area (Å²) in [6, 6.07) is 10.3. The molecule has 1 heterocycles. The average molecular weight is 204 g/mol. The van der Waals surface area contributed by atoms with E-state index in [1.54, 1.807) is 0 Å². The van der Waals surface area contributed by atoms with Crippen LogP contribution in [0.1, 0.15) is 18.1 Å². The van der Waals surface area contributed by atoms with E-state index in [0.717, 1.165) is 13.0 Å². The Morgan fingerprint density at radius 2 is 2.13 bits per heavy atom. The van der Waals surface area contributed by atoms with Crippen LogP contribution in [0.15, 0.2) is 43.0 Å². The largest absolute Gasteiger partial charge is 0.355 e. The van der Waals surface area contributed by atoms with Crippen molar-refractivity contribution in [2.24, 2.45) is 5.92 Å². The number of allylic oxidation sites excluding steroid dienone is 1. The second-order valence-electron chi connectivity index (χ2n) is 3.77. The molecule has 1 fully saturated rings. The van der Waals surface area contributed by atoms with Crippen LogP contribution in [-0.2, 0) is 9.47 Å². The predicted octanol–water partition coefficient (Wildman–Crippen LogP) is 2.92. The van der Waals surface area contributed by atoms with Gasteiger partial charge >= 0.3 is 0 Å². The van der Waals surface area contributed by atoms with Crippen LogP contribution in [0, 0.1) is 5.92 Å². The topological polar surface area (TPSA) is 18.5 Å². The lowest BCUT2D eigenvalue weighted by Crippen LogP contribution is -2.27. The minimum atomic E-state index is 0.151. The Kier molecular flexibility index (Phi) is 3.54. The molecule has 1 saturated heterocycles. The van der Waals surface area contributed by atoms with Gasteiger partial charge in [0.15, 0.2) is 0 Å². The van der Waals surface area contributed by atoms with Crippen LogP contribution < -0.4 is 0 Å². The third-order valence-corrected chi connectivity index (χ3v) is 2.69. The van der Waals surface area contributed by atoms with Gasteiger partial charge in [0.1, 0.15) is 6.79 Å². The van der Waals surface area contributed by atoms with Crippen molar-refractivity contribution in [1.29, 1.82) is 0 Å². The van der Waals surface area contributed by atoms with Gasteiger partial charge in [-0.2, -0.15) is 0 Å². The first kappa shape index (κ1) is 10.4. The molecule has 2 heteroatoms.